The molecule has 0 bridgehead atoms. The zero-order valence-corrected chi connectivity index (χ0v) is 15.4. The van der Waals surface area contributed by atoms with Crippen LogP contribution in [0.25, 0.3) is 0 Å². The van der Waals surface area contributed by atoms with Gasteiger partial charge in [0, 0.05) is 5.97 Å². The Hall–Kier alpha value is -2.59. The summed E-state index contributed by atoms with van der Waals surface area (Å²) in [6.07, 6.45) is 0.850. The molecule has 0 amide bonds. The van der Waals surface area contributed by atoms with Gasteiger partial charge in [0.15, 0.2) is 14.7 Å². The molecule has 2 nitrogen and oxygen atoms in total. The maximum Gasteiger partial charge on any atom is 0.166 e. The molecule has 0 heterocycles. The Kier molecular flexibility index (Phi) is 7.90. The van der Waals surface area contributed by atoms with Crippen molar-refractivity contribution in [2.75, 3.05) is 0 Å². The predicted octanol–water partition coefficient (Wildman–Crippen LogP) is 4.46. The first-order chi connectivity index (χ1) is 12.6. The van der Waals surface area contributed by atoms with E-state index in [0.717, 1.165) is 4.90 Å². The second-order valence-electron chi connectivity index (χ2n) is 5.51. The Labute approximate surface area is 156 Å². The third kappa shape index (κ3) is 6.05. The average Bonchev–Trinajstić information content (AvgIpc) is 2.66. The van der Waals surface area contributed by atoms with E-state index in [0.29, 0.717) is 6.42 Å². The van der Waals surface area contributed by atoms with Crippen molar-refractivity contribution >= 4 is 16.9 Å². The molecule has 0 saturated carbocycles. The van der Waals surface area contributed by atoms with Gasteiger partial charge in [-0.2, -0.15) is 0 Å². The van der Waals surface area contributed by atoms with Crippen molar-refractivity contribution in [1.29, 1.82) is 0 Å². The lowest BCUT2D eigenvalue weighted by atomic mass is 10.3. The van der Waals surface area contributed by atoms with Crippen molar-refractivity contribution < 1.29 is 14.3 Å². The van der Waals surface area contributed by atoms with E-state index < -0.39 is 5.97 Å². The maximum absolute atomic E-state index is 13.2. The molecule has 0 radical (unpaired) electrons. The molecule has 0 spiro atoms. The molecule has 0 unspecified atom stereocenters. The van der Waals surface area contributed by atoms with Crippen LogP contribution < -0.4 is 5.11 Å². The van der Waals surface area contributed by atoms with E-state index in [2.05, 4.69) is 24.3 Å². The molecule has 0 fully saturated rings. The van der Waals surface area contributed by atoms with Gasteiger partial charge >= 0.3 is 0 Å². The van der Waals surface area contributed by atoms with E-state index in [1.165, 1.54) is 21.9 Å². The number of aliphatic carboxylic acids is 1. The average molecular weight is 368 g/mol. The number of rotatable bonds is 5. The smallest absolute Gasteiger partial charge is 0.166 e. The van der Waals surface area contributed by atoms with Gasteiger partial charge in [0.05, 0.1) is 10.9 Å². The molecular weight excluding hydrogens is 347 g/mol. The minimum absolute atomic E-state index is 0.181. The third-order valence-electron chi connectivity index (χ3n) is 3.46. The standard InChI is InChI=1S/C18H14FS.C4H8O2/c19-15-11-13-18(14-12-15)20(16-7-3-1-4-8-16)17-9-5-2-6-10-17;1-2-3-4(5)6/h1-14H;2-3H2,1H3,(H,5,6)/q+1;/p-1. The predicted molar refractivity (Wildman–Crippen MR) is 101 cm³/mol. The Morgan fingerprint density at radius 2 is 1.23 bits per heavy atom. The summed E-state index contributed by atoms with van der Waals surface area (Å²) < 4.78 is 13.2. The quantitative estimate of drug-likeness (QED) is 0.624. The summed E-state index contributed by atoms with van der Waals surface area (Å²) in [7, 11) is -0.190. The van der Waals surface area contributed by atoms with Crippen LogP contribution in [0.2, 0.25) is 0 Å². The van der Waals surface area contributed by atoms with Crippen LogP contribution in [0.3, 0.4) is 0 Å². The van der Waals surface area contributed by atoms with E-state index in [1.54, 1.807) is 6.92 Å². The Balaban J connectivity index is 0.000000352. The van der Waals surface area contributed by atoms with Gasteiger partial charge in [-0.1, -0.05) is 49.7 Å². The fourth-order valence-electron chi connectivity index (χ4n) is 2.30. The Morgan fingerprint density at radius 1 is 0.808 bits per heavy atom. The SMILES string of the molecule is CCCC(=O)[O-].Fc1ccc([S+](c2ccccc2)c2ccccc2)cc1. The first-order valence-electron chi connectivity index (χ1n) is 8.41. The van der Waals surface area contributed by atoms with Crippen molar-refractivity contribution in [3.8, 4) is 0 Å². The fraction of sp³-hybridized carbons (Fsp3) is 0.136. The lowest BCUT2D eigenvalue weighted by molar-refractivity contribution is -0.305. The summed E-state index contributed by atoms with van der Waals surface area (Å²) in [5.74, 6) is -1.16. The van der Waals surface area contributed by atoms with Gasteiger partial charge in [-0.25, -0.2) is 4.39 Å². The number of hydrogen-bond donors (Lipinski definition) is 0. The highest BCUT2D eigenvalue weighted by atomic mass is 32.2. The topological polar surface area (TPSA) is 40.1 Å². The summed E-state index contributed by atoms with van der Waals surface area (Å²) in [4.78, 5) is 13.1. The van der Waals surface area contributed by atoms with Crippen LogP contribution >= 0.6 is 0 Å². The Bertz CT molecular complexity index is 750. The molecule has 0 aliphatic heterocycles. The first kappa shape index (κ1) is 19.7. The molecule has 0 aliphatic rings. The molecule has 26 heavy (non-hydrogen) atoms. The number of carbonyl (C=O) groups excluding carboxylic acids is 1. The number of benzene rings is 3. The lowest BCUT2D eigenvalue weighted by Crippen LogP contribution is -2.20. The molecule has 134 valence electrons. The van der Waals surface area contributed by atoms with Crippen molar-refractivity contribution in [3.05, 3.63) is 90.7 Å². The Morgan fingerprint density at radius 3 is 1.58 bits per heavy atom. The summed E-state index contributed by atoms with van der Waals surface area (Å²) >= 11 is 0. The summed E-state index contributed by atoms with van der Waals surface area (Å²) in [5, 5.41) is 9.49. The largest absolute Gasteiger partial charge is 0.550 e. The second-order valence-corrected chi connectivity index (χ2v) is 7.53. The zero-order chi connectivity index (χ0) is 18.8. The molecule has 3 rings (SSSR count). The summed E-state index contributed by atoms with van der Waals surface area (Å²) in [5.41, 5.74) is 0. The van der Waals surface area contributed by atoms with Crippen LogP contribution in [0, 0.1) is 5.82 Å². The molecule has 3 aromatic carbocycles. The van der Waals surface area contributed by atoms with Crippen molar-refractivity contribution in [2.24, 2.45) is 0 Å². The van der Waals surface area contributed by atoms with Crippen molar-refractivity contribution in [1.82, 2.24) is 0 Å². The first-order valence-corrected chi connectivity index (χ1v) is 9.64. The van der Waals surface area contributed by atoms with Gasteiger partial charge in [0.2, 0.25) is 0 Å². The van der Waals surface area contributed by atoms with Gasteiger partial charge in [-0.3, -0.25) is 0 Å². The van der Waals surface area contributed by atoms with E-state index in [-0.39, 0.29) is 23.1 Å². The zero-order valence-electron chi connectivity index (χ0n) is 14.6. The van der Waals surface area contributed by atoms with E-state index in [4.69, 9.17) is 0 Å². The normalized spacial score (nSPS) is 10.1. The molecule has 0 aromatic heterocycles. The van der Waals surface area contributed by atoms with Crippen LogP contribution in [-0.2, 0) is 15.7 Å². The van der Waals surface area contributed by atoms with Crippen molar-refractivity contribution in [3.63, 3.8) is 0 Å². The van der Waals surface area contributed by atoms with E-state index >= 15 is 0 Å². The van der Waals surface area contributed by atoms with Crippen LogP contribution in [0.15, 0.2) is 99.6 Å². The highest BCUT2D eigenvalue weighted by molar-refractivity contribution is 7.97. The molecule has 0 aliphatic carbocycles. The minimum Gasteiger partial charge on any atom is -0.550 e. The number of carboxylic acids is 1. The number of halogens is 1. The summed E-state index contributed by atoms with van der Waals surface area (Å²) in [6.45, 7) is 1.80. The number of carbonyl (C=O) groups is 1. The van der Waals surface area contributed by atoms with Crippen LogP contribution in [0.4, 0.5) is 4.39 Å². The van der Waals surface area contributed by atoms with Gasteiger partial charge < -0.3 is 9.90 Å². The van der Waals surface area contributed by atoms with E-state index in [9.17, 15) is 14.3 Å². The highest BCUT2D eigenvalue weighted by Crippen LogP contribution is 2.30. The molecule has 3 aromatic rings. The fourth-order valence-corrected chi connectivity index (χ4v) is 4.38. The second kappa shape index (κ2) is 10.4. The van der Waals surface area contributed by atoms with Gasteiger partial charge in [-0.15, -0.1) is 0 Å². The molecule has 4 heteroatoms. The monoisotopic (exact) mass is 368 g/mol. The molecule has 0 saturated heterocycles. The number of hydrogen-bond acceptors (Lipinski definition) is 2. The number of carboxylic acid groups (broad SMARTS) is 1. The lowest BCUT2D eigenvalue weighted by Gasteiger charge is -2.07. The molecular formula is C22H21FO2S. The third-order valence-corrected chi connectivity index (χ3v) is 5.69. The highest BCUT2D eigenvalue weighted by Gasteiger charge is 2.27. The summed E-state index contributed by atoms with van der Waals surface area (Å²) in [6, 6.07) is 27.5. The van der Waals surface area contributed by atoms with Crippen molar-refractivity contribution in [2.45, 2.75) is 34.5 Å². The van der Waals surface area contributed by atoms with E-state index in [1.807, 2.05) is 48.5 Å². The molecule has 0 N–H and O–H groups in total. The van der Waals surface area contributed by atoms with Crippen LogP contribution in [-0.4, -0.2) is 5.97 Å². The van der Waals surface area contributed by atoms with Gasteiger partial charge in [-0.05, 0) is 55.0 Å². The maximum atomic E-state index is 13.2. The van der Waals surface area contributed by atoms with Crippen LogP contribution in [0.5, 0.6) is 0 Å². The van der Waals surface area contributed by atoms with Crippen LogP contribution in [0.1, 0.15) is 19.8 Å². The van der Waals surface area contributed by atoms with Gasteiger partial charge in [0.25, 0.3) is 0 Å². The molecule has 0 atom stereocenters. The van der Waals surface area contributed by atoms with Gasteiger partial charge in [0.1, 0.15) is 5.82 Å². The minimum atomic E-state index is -0.961.